The van der Waals surface area contributed by atoms with Gasteiger partial charge in [0.25, 0.3) is 0 Å². The normalized spacial score (nSPS) is 28.3. The first-order chi connectivity index (χ1) is 12.2. The van der Waals surface area contributed by atoms with Crippen LogP contribution in [-0.2, 0) is 4.74 Å². The molecule has 3 heteroatoms. The van der Waals surface area contributed by atoms with Crippen molar-refractivity contribution in [2.24, 2.45) is 11.3 Å². The van der Waals surface area contributed by atoms with Crippen LogP contribution in [0.1, 0.15) is 31.4 Å². The first-order valence-corrected chi connectivity index (χ1v) is 8.91. The van der Waals surface area contributed by atoms with Gasteiger partial charge in [-0.05, 0) is 49.6 Å². The third-order valence-corrected chi connectivity index (χ3v) is 5.55. The minimum absolute atomic E-state index is 0.0574. The van der Waals surface area contributed by atoms with Gasteiger partial charge in [0, 0.05) is 11.3 Å². The van der Waals surface area contributed by atoms with E-state index in [9.17, 15) is 5.11 Å². The molecule has 1 heterocycles. The maximum Gasteiger partial charge on any atom is 0.127 e. The molecule has 0 spiro atoms. The quantitative estimate of drug-likeness (QED) is 0.808. The molecule has 1 saturated heterocycles. The van der Waals surface area contributed by atoms with E-state index in [-0.39, 0.29) is 18.1 Å². The van der Waals surface area contributed by atoms with E-state index in [2.05, 4.69) is 25.1 Å². The third-order valence-electron chi connectivity index (χ3n) is 5.55. The highest BCUT2D eigenvalue weighted by Gasteiger charge is 2.44. The molecule has 4 rings (SSSR count). The van der Waals surface area contributed by atoms with E-state index in [0.717, 1.165) is 24.3 Å². The minimum atomic E-state index is -0.0863. The fourth-order valence-corrected chi connectivity index (χ4v) is 3.94. The van der Waals surface area contributed by atoms with Gasteiger partial charge in [-0.15, -0.1) is 0 Å². The van der Waals surface area contributed by atoms with Crippen LogP contribution in [0.25, 0.3) is 0 Å². The second-order valence-electron chi connectivity index (χ2n) is 7.34. The number of allylic oxidation sites excluding steroid dienone is 1. The maximum atomic E-state index is 9.79. The lowest BCUT2D eigenvalue weighted by atomic mass is 9.67. The van der Waals surface area contributed by atoms with Gasteiger partial charge in [0.05, 0.1) is 19.3 Å². The van der Waals surface area contributed by atoms with Crippen LogP contribution in [0.5, 0.6) is 11.5 Å². The lowest BCUT2D eigenvalue weighted by Crippen LogP contribution is -2.43. The number of hydrogen-bond donors (Lipinski definition) is 1. The second-order valence-corrected chi connectivity index (χ2v) is 7.34. The maximum absolute atomic E-state index is 9.79. The number of ether oxygens (including phenoxy) is 2. The molecule has 2 aromatic rings. The largest absolute Gasteiger partial charge is 0.457 e. The van der Waals surface area contributed by atoms with Crippen LogP contribution in [0.4, 0.5) is 0 Å². The summed E-state index contributed by atoms with van der Waals surface area (Å²) in [6, 6.07) is 18.0. The zero-order chi connectivity index (χ0) is 17.3. The molecule has 130 valence electrons. The summed E-state index contributed by atoms with van der Waals surface area (Å²) in [7, 11) is 0. The van der Waals surface area contributed by atoms with E-state index in [1.807, 2.05) is 42.5 Å². The van der Waals surface area contributed by atoms with Crippen LogP contribution in [0.2, 0.25) is 0 Å². The van der Waals surface area contributed by atoms with Crippen molar-refractivity contribution in [1.82, 2.24) is 0 Å². The third kappa shape index (κ3) is 3.22. The van der Waals surface area contributed by atoms with Gasteiger partial charge in [0.15, 0.2) is 0 Å². The zero-order valence-corrected chi connectivity index (χ0v) is 14.5. The van der Waals surface area contributed by atoms with Crippen molar-refractivity contribution in [3.8, 4) is 11.5 Å². The SMILES string of the molecule is CC1=CC[C@@]2(CO)CO[C@H](c3ccc(Oc4ccccc4)cc3)[C@@H]1C2. The Bertz CT molecular complexity index is 751. The summed E-state index contributed by atoms with van der Waals surface area (Å²) >= 11 is 0. The minimum Gasteiger partial charge on any atom is -0.457 e. The standard InChI is InChI=1S/C22H24O3/c1-16-11-12-22(14-23)13-20(16)21(24-15-22)17-7-9-19(10-8-17)25-18-5-3-2-4-6-18/h2-11,20-21,23H,12-15H2,1H3/t20-,21-,22-/m1/s1. The number of aliphatic hydroxyl groups excluding tert-OH is 1. The Hall–Kier alpha value is -2.10. The van der Waals surface area contributed by atoms with Crippen LogP contribution >= 0.6 is 0 Å². The number of hydrogen-bond acceptors (Lipinski definition) is 3. The fraction of sp³-hybridized carbons (Fsp3) is 0.364. The van der Waals surface area contributed by atoms with Gasteiger partial charge < -0.3 is 14.6 Å². The van der Waals surface area contributed by atoms with Crippen molar-refractivity contribution in [2.75, 3.05) is 13.2 Å². The van der Waals surface area contributed by atoms with Crippen molar-refractivity contribution in [3.05, 3.63) is 71.8 Å². The van der Waals surface area contributed by atoms with Gasteiger partial charge >= 0.3 is 0 Å². The Morgan fingerprint density at radius 3 is 2.52 bits per heavy atom. The summed E-state index contributed by atoms with van der Waals surface area (Å²) < 4.78 is 12.1. The molecular formula is C22H24O3. The summed E-state index contributed by atoms with van der Waals surface area (Å²) in [6.07, 6.45) is 4.26. The van der Waals surface area contributed by atoms with Crippen molar-refractivity contribution in [2.45, 2.75) is 25.9 Å². The highest BCUT2D eigenvalue weighted by Crippen LogP contribution is 2.50. The molecule has 1 aliphatic carbocycles. The summed E-state index contributed by atoms with van der Waals surface area (Å²) in [5, 5.41) is 9.79. The van der Waals surface area contributed by atoms with Crippen molar-refractivity contribution >= 4 is 0 Å². The van der Waals surface area contributed by atoms with Gasteiger partial charge in [0.1, 0.15) is 11.5 Å². The van der Waals surface area contributed by atoms with E-state index in [4.69, 9.17) is 9.47 Å². The summed E-state index contributed by atoms with van der Waals surface area (Å²) in [5.41, 5.74) is 2.46. The lowest BCUT2D eigenvalue weighted by molar-refractivity contribution is -0.113. The van der Waals surface area contributed by atoms with Gasteiger partial charge in [-0.3, -0.25) is 0 Å². The Morgan fingerprint density at radius 2 is 1.80 bits per heavy atom. The van der Waals surface area contributed by atoms with E-state index in [0.29, 0.717) is 12.5 Å². The van der Waals surface area contributed by atoms with Gasteiger partial charge in [-0.25, -0.2) is 0 Å². The van der Waals surface area contributed by atoms with Crippen molar-refractivity contribution in [3.63, 3.8) is 0 Å². The summed E-state index contributed by atoms with van der Waals surface area (Å²) in [4.78, 5) is 0. The number of para-hydroxylation sites is 1. The molecular weight excluding hydrogens is 312 g/mol. The molecule has 0 saturated carbocycles. The molecule has 2 aromatic carbocycles. The molecule has 0 aromatic heterocycles. The van der Waals surface area contributed by atoms with E-state index >= 15 is 0 Å². The molecule has 2 aliphatic rings. The monoisotopic (exact) mass is 336 g/mol. The smallest absolute Gasteiger partial charge is 0.127 e. The predicted molar refractivity (Wildman–Crippen MR) is 97.7 cm³/mol. The Balaban J connectivity index is 1.52. The Morgan fingerprint density at radius 1 is 1.08 bits per heavy atom. The fourth-order valence-electron chi connectivity index (χ4n) is 3.94. The lowest BCUT2D eigenvalue weighted by Gasteiger charge is -2.47. The Labute approximate surface area is 148 Å². The van der Waals surface area contributed by atoms with Crippen LogP contribution < -0.4 is 4.74 Å². The topological polar surface area (TPSA) is 38.7 Å². The average Bonchev–Trinajstić information content (AvgIpc) is 2.67. The Kier molecular flexibility index (Phi) is 4.36. The van der Waals surface area contributed by atoms with Gasteiger partial charge in [-0.1, -0.05) is 42.0 Å². The van der Waals surface area contributed by atoms with Crippen LogP contribution in [0, 0.1) is 11.3 Å². The number of aliphatic hydroxyl groups is 1. The van der Waals surface area contributed by atoms with Crippen LogP contribution in [-0.4, -0.2) is 18.3 Å². The summed E-state index contributed by atoms with van der Waals surface area (Å²) in [6.45, 7) is 3.00. The summed E-state index contributed by atoms with van der Waals surface area (Å²) in [5.74, 6) is 2.00. The predicted octanol–water partition coefficient (Wildman–Crippen LogP) is 4.89. The van der Waals surface area contributed by atoms with E-state index < -0.39 is 0 Å². The molecule has 25 heavy (non-hydrogen) atoms. The van der Waals surface area contributed by atoms with Crippen LogP contribution in [0.3, 0.4) is 0 Å². The zero-order valence-electron chi connectivity index (χ0n) is 14.5. The molecule has 2 bridgehead atoms. The number of rotatable bonds is 4. The molecule has 0 unspecified atom stereocenters. The molecule has 1 fully saturated rings. The molecule has 3 nitrogen and oxygen atoms in total. The van der Waals surface area contributed by atoms with Gasteiger partial charge in [-0.2, -0.15) is 0 Å². The van der Waals surface area contributed by atoms with Crippen LogP contribution in [0.15, 0.2) is 66.2 Å². The van der Waals surface area contributed by atoms with Crippen molar-refractivity contribution in [1.29, 1.82) is 0 Å². The molecule has 0 amide bonds. The first kappa shape index (κ1) is 16.4. The highest BCUT2D eigenvalue weighted by atomic mass is 16.5. The highest BCUT2D eigenvalue weighted by molar-refractivity contribution is 5.35. The van der Waals surface area contributed by atoms with Crippen molar-refractivity contribution < 1.29 is 14.6 Å². The van der Waals surface area contributed by atoms with E-state index in [1.54, 1.807) is 0 Å². The molecule has 0 radical (unpaired) electrons. The first-order valence-electron chi connectivity index (χ1n) is 8.91. The molecule has 3 atom stereocenters. The second kappa shape index (κ2) is 6.66. The number of benzene rings is 2. The molecule has 1 N–H and O–H groups in total. The number of fused-ring (bicyclic) bond motifs is 2. The van der Waals surface area contributed by atoms with Gasteiger partial charge in [0.2, 0.25) is 0 Å². The van der Waals surface area contributed by atoms with E-state index in [1.165, 1.54) is 11.1 Å². The molecule has 1 aliphatic heterocycles. The average molecular weight is 336 g/mol.